The zero-order chi connectivity index (χ0) is 7.97. The van der Waals surface area contributed by atoms with Crippen molar-refractivity contribution >= 4 is 24.8 Å². The van der Waals surface area contributed by atoms with Gasteiger partial charge in [0.2, 0.25) is 0 Å². The van der Waals surface area contributed by atoms with Gasteiger partial charge in [0.05, 0.1) is 30.6 Å². The summed E-state index contributed by atoms with van der Waals surface area (Å²) in [5.41, 5.74) is 1.08. The van der Waals surface area contributed by atoms with E-state index in [4.69, 9.17) is 4.74 Å². The largest absolute Gasteiger partial charge is 0.368 e. The molecule has 2 atom stereocenters. The summed E-state index contributed by atoms with van der Waals surface area (Å²) in [6.45, 7) is 2.53. The third-order valence-electron chi connectivity index (χ3n) is 2.54. The third-order valence-corrected chi connectivity index (χ3v) is 2.54. The monoisotopic (exact) mass is 238 g/mol. The molecule has 14 heavy (non-hydrogen) atoms. The van der Waals surface area contributed by atoms with E-state index in [1.807, 2.05) is 4.68 Å². The summed E-state index contributed by atoms with van der Waals surface area (Å²) >= 11 is 0. The number of halogens is 2. The van der Waals surface area contributed by atoms with Gasteiger partial charge < -0.3 is 10.1 Å². The Morgan fingerprint density at radius 1 is 1.43 bits per heavy atom. The summed E-state index contributed by atoms with van der Waals surface area (Å²) in [5, 5.41) is 11.2. The fraction of sp³-hybridized carbons (Fsp3) is 0.714. The molecular formula is C7H12Cl2N4O. The molecule has 1 saturated heterocycles. The van der Waals surface area contributed by atoms with Crippen molar-refractivity contribution in [2.45, 2.75) is 18.8 Å². The Hall–Kier alpha value is -0.360. The van der Waals surface area contributed by atoms with Crippen LogP contribution in [-0.2, 0) is 11.3 Å². The molecule has 7 heteroatoms. The van der Waals surface area contributed by atoms with Crippen LogP contribution in [0.25, 0.3) is 0 Å². The Morgan fingerprint density at radius 3 is 3.14 bits per heavy atom. The second kappa shape index (κ2) is 4.44. The molecule has 2 unspecified atom stereocenters. The maximum absolute atomic E-state index is 5.62. The molecule has 1 N–H and O–H groups in total. The van der Waals surface area contributed by atoms with E-state index in [0.29, 0.717) is 18.8 Å². The Balaban J connectivity index is 0.000000490. The zero-order valence-electron chi connectivity index (χ0n) is 7.42. The molecule has 5 nitrogen and oxygen atoms in total. The number of ether oxygens (including phenoxy) is 1. The molecule has 0 aromatic carbocycles. The van der Waals surface area contributed by atoms with Crippen molar-refractivity contribution in [1.29, 1.82) is 0 Å². The first-order valence-corrected chi connectivity index (χ1v) is 4.16. The van der Waals surface area contributed by atoms with Gasteiger partial charge in [-0.1, -0.05) is 5.21 Å². The van der Waals surface area contributed by atoms with Gasteiger partial charge in [0.15, 0.2) is 0 Å². The van der Waals surface area contributed by atoms with Crippen LogP contribution >= 0.6 is 24.8 Å². The minimum atomic E-state index is 0. The average molecular weight is 239 g/mol. The molecule has 0 spiro atoms. The van der Waals surface area contributed by atoms with Gasteiger partial charge in [-0.25, -0.2) is 4.68 Å². The van der Waals surface area contributed by atoms with Gasteiger partial charge in [0.25, 0.3) is 0 Å². The van der Waals surface area contributed by atoms with Gasteiger partial charge >= 0.3 is 0 Å². The summed E-state index contributed by atoms with van der Waals surface area (Å²) in [6, 6.07) is 0.358. The van der Waals surface area contributed by atoms with E-state index >= 15 is 0 Å². The van der Waals surface area contributed by atoms with Gasteiger partial charge in [-0.15, -0.1) is 29.9 Å². The van der Waals surface area contributed by atoms with Crippen LogP contribution in [0.4, 0.5) is 0 Å². The van der Waals surface area contributed by atoms with E-state index in [1.54, 1.807) is 6.20 Å². The van der Waals surface area contributed by atoms with Crippen LogP contribution < -0.4 is 5.32 Å². The third kappa shape index (κ3) is 1.61. The SMILES string of the molecule is Cl.Cl.c1nnn2c1COC1CNCC12. The lowest BCUT2D eigenvalue weighted by atomic mass is 10.2. The molecule has 2 aliphatic rings. The second-order valence-electron chi connectivity index (χ2n) is 3.24. The van der Waals surface area contributed by atoms with Crippen LogP contribution in [0.5, 0.6) is 0 Å². The Morgan fingerprint density at radius 2 is 2.29 bits per heavy atom. The maximum Gasteiger partial charge on any atom is 0.0941 e. The second-order valence-corrected chi connectivity index (χ2v) is 3.24. The highest BCUT2D eigenvalue weighted by Crippen LogP contribution is 2.25. The molecule has 1 aromatic heterocycles. The first-order chi connectivity index (χ1) is 5.95. The van der Waals surface area contributed by atoms with Gasteiger partial charge in [0, 0.05) is 13.1 Å². The van der Waals surface area contributed by atoms with E-state index in [0.717, 1.165) is 18.8 Å². The smallest absolute Gasteiger partial charge is 0.0941 e. The topological polar surface area (TPSA) is 52.0 Å². The minimum Gasteiger partial charge on any atom is -0.368 e. The normalized spacial score (nSPS) is 28.3. The molecule has 0 radical (unpaired) electrons. The molecule has 1 aromatic rings. The van der Waals surface area contributed by atoms with Crippen molar-refractivity contribution in [3.63, 3.8) is 0 Å². The molecule has 3 heterocycles. The van der Waals surface area contributed by atoms with Crippen molar-refractivity contribution in [3.8, 4) is 0 Å². The number of hydrogen-bond donors (Lipinski definition) is 1. The number of nitrogens with zero attached hydrogens (tertiary/aromatic N) is 3. The van der Waals surface area contributed by atoms with E-state index in [2.05, 4.69) is 15.6 Å². The molecule has 2 aliphatic heterocycles. The van der Waals surface area contributed by atoms with Gasteiger partial charge in [-0.2, -0.15) is 0 Å². The van der Waals surface area contributed by atoms with Crippen molar-refractivity contribution in [2.75, 3.05) is 13.1 Å². The van der Waals surface area contributed by atoms with Gasteiger partial charge in [-0.05, 0) is 0 Å². The molecule has 1 fully saturated rings. The fourth-order valence-electron chi connectivity index (χ4n) is 1.89. The highest BCUT2D eigenvalue weighted by atomic mass is 35.5. The number of nitrogens with one attached hydrogen (secondary N) is 1. The van der Waals surface area contributed by atoms with Crippen LogP contribution in [0.2, 0.25) is 0 Å². The van der Waals surface area contributed by atoms with Gasteiger partial charge in [0.1, 0.15) is 0 Å². The van der Waals surface area contributed by atoms with Crippen molar-refractivity contribution in [3.05, 3.63) is 11.9 Å². The number of rotatable bonds is 0. The summed E-state index contributed by atoms with van der Waals surface area (Å²) in [5.74, 6) is 0. The number of aromatic nitrogens is 3. The highest BCUT2D eigenvalue weighted by molar-refractivity contribution is 5.85. The lowest BCUT2D eigenvalue weighted by Crippen LogP contribution is -2.32. The Labute approximate surface area is 94.0 Å². The molecule has 0 aliphatic carbocycles. The average Bonchev–Trinajstić information content (AvgIpc) is 2.71. The molecule has 80 valence electrons. The van der Waals surface area contributed by atoms with E-state index in [9.17, 15) is 0 Å². The Kier molecular flexibility index (Phi) is 3.71. The molecular weight excluding hydrogens is 227 g/mol. The Bertz CT molecular complexity index is 306. The predicted molar refractivity (Wildman–Crippen MR) is 55.0 cm³/mol. The predicted octanol–water partition coefficient (Wildman–Crippen LogP) is 0.165. The van der Waals surface area contributed by atoms with Gasteiger partial charge in [-0.3, -0.25) is 0 Å². The molecule has 0 saturated carbocycles. The molecule has 3 rings (SSSR count). The fourth-order valence-corrected chi connectivity index (χ4v) is 1.89. The van der Waals surface area contributed by atoms with Crippen LogP contribution in [0, 0.1) is 0 Å². The number of fused-ring (bicyclic) bond motifs is 3. The quantitative estimate of drug-likeness (QED) is 0.701. The lowest BCUT2D eigenvalue weighted by Gasteiger charge is -2.25. The maximum atomic E-state index is 5.62. The first-order valence-electron chi connectivity index (χ1n) is 4.16. The minimum absolute atomic E-state index is 0. The van der Waals surface area contributed by atoms with Crippen molar-refractivity contribution in [1.82, 2.24) is 20.3 Å². The number of hydrogen-bond acceptors (Lipinski definition) is 4. The van der Waals surface area contributed by atoms with Crippen LogP contribution in [-0.4, -0.2) is 34.2 Å². The lowest BCUT2D eigenvalue weighted by molar-refractivity contribution is -0.00289. The summed E-state index contributed by atoms with van der Waals surface area (Å²) < 4.78 is 7.60. The summed E-state index contributed by atoms with van der Waals surface area (Å²) in [7, 11) is 0. The van der Waals surface area contributed by atoms with E-state index in [-0.39, 0.29) is 24.8 Å². The van der Waals surface area contributed by atoms with E-state index in [1.165, 1.54) is 0 Å². The summed E-state index contributed by atoms with van der Waals surface area (Å²) in [6.07, 6.45) is 2.06. The first kappa shape index (κ1) is 11.7. The summed E-state index contributed by atoms with van der Waals surface area (Å²) in [4.78, 5) is 0. The zero-order valence-corrected chi connectivity index (χ0v) is 9.05. The van der Waals surface area contributed by atoms with E-state index < -0.39 is 0 Å². The van der Waals surface area contributed by atoms with Crippen LogP contribution in [0.3, 0.4) is 0 Å². The van der Waals surface area contributed by atoms with Crippen molar-refractivity contribution in [2.24, 2.45) is 0 Å². The van der Waals surface area contributed by atoms with Crippen molar-refractivity contribution < 1.29 is 4.74 Å². The standard InChI is InChI=1S/C7H10N4O.2ClH/c1-5-4-12-7-3-8-2-6(7)11(5)10-9-1;;/h1,6-8H,2-4H2;2*1H. The van der Waals surface area contributed by atoms with Crippen LogP contribution in [0.1, 0.15) is 11.7 Å². The highest BCUT2D eigenvalue weighted by Gasteiger charge is 2.34. The van der Waals surface area contributed by atoms with Crippen LogP contribution in [0.15, 0.2) is 6.20 Å². The molecule has 0 bridgehead atoms. The molecule has 0 amide bonds.